The van der Waals surface area contributed by atoms with Gasteiger partial charge >= 0.3 is 0 Å². The molecule has 1 fully saturated rings. The van der Waals surface area contributed by atoms with Crippen LogP contribution < -0.4 is 10.6 Å². The first kappa shape index (κ1) is 21.4. The van der Waals surface area contributed by atoms with E-state index >= 15 is 0 Å². The van der Waals surface area contributed by atoms with Crippen LogP contribution >= 0.6 is 0 Å². The summed E-state index contributed by atoms with van der Waals surface area (Å²) in [5, 5.41) is 5.48. The van der Waals surface area contributed by atoms with Crippen LogP contribution in [0.25, 0.3) is 0 Å². The van der Waals surface area contributed by atoms with E-state index in [1.165, 1.54) is 4.31 Å². The van der Waals surface area contributed by atoms with Gasteiger partial charge in [0.05, 0.1) is 4.90 Å². The van der Waals surface area contributed by atoms with Gasteiger partial charge in [-0.05, 0) is 45.2 Å². The van der Waals surface area contributed by atoms with Crippen molar-refractivity contribution in [1.82, 2.24) is 14.9 Å². The van der Waals surface area contributed by atoms with Crippen molar-refractivity contribution < 1.29 is 18.0 Å². The lowest BCUT2D eigenvalue weighted by molar-refractivity contribution is -0.131. The Labute approximate surface area is 161 Å². The Morgan fingerprint density at radius 2 is 1.78 bits per heavy atom. The molecule has 1 atom stereocenters. The van der Waals surface area contributed by atoms with Crippen LogP contribution in [0.4, 0.5) is 0 Å². The topological polar surface area (TPSA) is 95.6 Å². The number of hydrogen-bond donors (Lipinski definition) is 2. The van der Waals surface area contributed by atoms with Crippen molar-refractivity contribution in [3.8, 4) is 0 Å². The zero-order valence-electron chi connectivity index (χ0n) is 16.2. The minimum atomic E-state index is -3.54. The van der Waals surface area contributed by atoms with Gasteiger partial charge in [-0.3, -0.25) is 9.59 Å². The van der Waals surface area contributed by atoms with E-state index in [0.29, 0.717) is 32.5 Å². The third-order valence-electron chi connectivity index (χ3n) is 4.78. The van der Waals surface area contributed by atoms with Crippen molar-refractivity contribution in [2.45, 2.75) is 51.0 Å². The highest BCUT2D eigenvalue weighted by molar-refractivity contribution is 7.89. The number of piperidine rings is 1. The fourth-order valence-corrected chi connectivity index (χ4v) is 4.49. The van der Waals surface area contributed by atoms with E-state index < -0.39 is 16.1 Å². The van der Waals surface area contributed by atoms with Gasteiger partial charge in [0.1, 0.15) is 6.04 Å². The molecule has 1 saturated heterocycles. The summed E-state index contributed by atoms with van der Waals surface area (Å²) in [7, 11) is -3.54. The number of rotatable bonds is 7. The molecule has 2 rings (SSSR count). The lowest BCUT2D eigenvalue weighted by Gasteiger charge is -2.31. The largest absolute Gasteiger partial charge is 0.354 e. The van der Waals surface area contributed by atoms with Crippen LogP contribution in [0, 0.1) is 12.8 Å². The summed E-state index contributed by atoms with van der Waals surface area (Å²) < 4.78 is 26.9. The van der Waals surface area contributed by atoms with Gasteiger partial charge in [-0.1, -0.05) is 24.6 Å². The molecule has 2 amide bonds. The molecule has 2 N–H and O–H groups in total. The van der Waals surface area contributed by atoms with E-state index in [-0.39, 0.29) is 22.6 Å². The summed E-state index contributed by atoms with van der Waals surface area (Å²) in [5.41, 5.74) is 1.00. The summed E-state index contributed by atoms with van der Waals surface area (Å²) in [6.07, 6.45) is 1.72. The van der Waals surface area contributed by atoms with Crippen molar-refractivity contribution in [2.75, 3.05) is 19.6 Å². The molecule has 0 unspecified atom stereocenters. The molecule has 0 aliphatic carbocycles. The zero-order valence-corrected chi connectivity index (χ0v) is 17.0. The van der Waals surface area contributed by atoms with E-state index in [4.69, 9.17) is 0 Å². The molecule has 0 aromatic heterocycles. The minimum Gasteiger partial charge on any atom is -0.354 e. The predicted octanol–water partition coefficient (Wildman–Crippen LogP) is 1.43. The van der Waals surface area contributed by atoms with Crippen molar-refractivity contribution in [3.63, 3.8) is 0 Å². The Hall–Kier alpha value is -1.93. The number of amides is 2. The van der Waals surface area contributed by atoms with Crippen molar-refractivity contribution in [3.05, 3.63) is 29.8 Å². The van der Waals surface area contributed by atoms with Crippen molar-refractivity contribution in [1.29, 1.82) is 0 Å². The molecule has 1 aliphatic heterocycles. The highest BCUT2D eigenvalue weighted by Crippen LogP contribution is 2.24. The first-order valence-corrected chi connectivity index (χ1v) is 10.8. The lowest BCUT2D eigenvalue weighted by Crippen LogP contribution is -2.49. The van der Waals surface area contributed by atoms with Gasteiger partial charge in [-0.2, -0.15) is 4.31 Å². The average Bonchev–Trinajstić information content (AvgIpc) is 2.66. The van der Waals surface area contributed by atoms with E-state index in [0.717, 1.165) is 12.0 Å². The van der Waals surface area contributed by atoms with Gasteiger partial charge < -0.3 is 10.6 Å². The molecule has 27 heavy (non-hydrogen) atoms. The highest BCUT2D eigenvalue weighted by Gasteiger charge is 2.32. The Bertz CT molecular complexity index is 754. The Morgan fingerprint density at radius 3 is 2.33 bits per heavy atom. The van der Waals surface area contributed by atoms with Crippen LogP contribution in [0.2, 0.25) is 0 Å². The number of nitrogens with zero attached hydrogens (tertiary/aromatic N) is 1. The summed E-state index contributed by atoms with van der Waals surface area (Å²) >= 11 is 0. The number of hydrogen-bond acceptors (Lipinski definition) is 4. The van der Waals surface area contributed by atoms with Crippen LogP contribution in [0.1, 0.15) is 38.7 Å². The van der Waals surface area contributed by atoms with Gasteiger partial charge in [-0.15, -0.1) is 0 Å². The molecule has 1 aromatic rings. The van der Waals surface area contributed by atoms with E-state index in [2.05, 4.69) is 10.6 Å². The molecule has 0 spiro atoms. The smallest absolute Gasteiger partial charge is 0.243 e. The molecule has 1 aliphatic rings. The van der Waals surface area contributed by atoms with Crippen LogP contribution in [0.3, 0.4) is 0 Å². The molecule has 8 heteroatoms. The summed E-state index contributed by atoms with van der Waals surface area (Å²) in [5.74, 6) is -0.679. The monoisotopic (exact) mass is 395 g/mol. The van der Waals surface area contributed by atoms with Crippen molar-refractivity contribution in [2.24, 2.45) is 5.92 Å². The van der Waals surface area contributed by atoms with E-state index in [1.807, 2.05) is 13.8 Å². The molecule has 1 aromatic carbocycles. The number of carbonyl (C=O) groups excluding carboxylic acids is 2. The number of aryl methyl sites for hydroxylation is 1. The second-order valence-corrected chi connectivity index (χ2v) is 8.95. The summed E-state index contributed by atoms with van der Waals surface area (Å²) in [6, 6.07) is 6.18. The molecule has 0 saturated carbocycles. The maximum atomic E-state index is 12.7. The summed E-state index contributed by atoms with van der Waals surface area (Å²) in [6.45, 7) is 6.69. The molecule has 1 heterocycles. The first-order valence-electron chi connectivity index (χ1n) is 9.40. The van der Waals surface area contributed by atoms with Gasteiger partial charge in [-0.25, -0.2) is 8.42 Å². The molecular weight excluding hydrogens is 366 g/mol. The normalized spacial score (nSPS) is 17.3. The number of sulfonamides is 1. The van der Waals surface area contributed by atoms with Crippen LogP contribution in [-0.2, 0) is 19.6 Å². The fourth-order valence-electron chi connectivity index (χ4n) is 3.02. The average molecular weight is 396 g/mol. The second kappa shape index (κ2) is 9.32. The Morgan fingerprint density at radius 1 is 1.19 bits per heavy atom. The van der Waals surface area contributed by atoms with E-state index in [9.17, 15) is 18.0 Å². The number of carbonyl (C=O) groups is 2. The quantitative estimate of drug-likeness (QED) is 0.730. The van der Waals surface area contributed by atoms with Crippen molar-refractivity contribution >= 4 is 21.8 Å². The van der Waals surface area contributed by atoms with Gasteiger partial charge in [0.15, 0.2) is 0 Å². The highest BCUT2D eigenvalue weighted by atomic mass is 32.2. The third-order valence-corrected chi connectivity index (χ3v) is 6.70. The maximum absolute atomic E-state index is 12.7. The maximum Gasteiger partial charge on any atom is 0.243 e. The minimum absolute atomic E-state index is 0.193. The molecule has 7 nitrogen and oxygen atoms in total. The Balaban J connectivity index is 1.89. The molecular formula is C19H29N3O4S. The third kappa shape index (κ3) is 5.52. The zero-order chi connectivity index (χ0) is 20.0. The first-order chi connectivity index (χ1) is 12.8. The molecule has 0 bridgehead atoms. The number of benzene rings is 1. The second-order valence-electron chi connectivity index (χ2n) is 7.01. The van der Waals surface area contributed by atoms with Gasteiger partial charge in [0, 0.05) is 25.6 Å². The molecule has 150 valence electrons. The van der Waals surface area contributed by atoms with E-state index in [1.54, 1.807) is 31.2 Å². The number of nitrogens with one attached hydrogen (secondary N) is 2. The fraction of sp³-hybridized carbons (Fsp3) is 0.579. The lowest BCUT2D eigenvalue weighted by atomic mass is 9.97. The van der Waals surface area contributed by atoms with Gasteiger partial charge in [0.2, 0.25) is 21.8 Å². The summed E-state index contributed by atoms with van der Waals surface area (Å²) in [4.78, 5) is 24.5. The SMILES string of the molecule is CCCNC(=O)[C@H](C)NC(=O)C1CCN(S(=O)(=O)c2ccc(C)cc2)CC1. The van der Waals surface area contributed by atoms with Crippen LogP contribution in [0.5, 0.6) is 0 Å². The van der Waals surface area contributed by atoms with Crippen LogP contribution in [-0.4, -0.2) is 50.2 Å². The van der Waals surface area contributed by atoms with Crippen LogP contribution in [0.15, 0.2) is 29.2 Å². The van der Waals surface area contributed by atoms with Gasteiger partial charge in [0.25, 0.3) is 0 Å². The Kier molecular flexibility index (Phi) is 7.38. The predicted molar refractivity (Wildman–Crippen MR) is 104 cm³/mol. The standard InChI is InChI=1S/C19H29N3O4S/c1-4-11-20-18(23)15(3)21-19(24)16-9-12-22(13-10-16)27(25,26)17-7-5-14(2)6-8-17/h5-8,15-16H,4,9-13H2,1-3H3,(H,20,23)(H,21,24)/t15-/m0/s1. The molecule has 0 radical (unpaired) electrons.